The third-order valence-electron chi connectivity index (χ3n) is 5.46. The first-order valence-electron chi connectivity index (χ1n) is 9.45. The first kappa shape index (κ1) is 16.6. The SMILES string of the molecule is Cc1ccc(C(=O)C(c2c[nH]c3ccccc23)c2c[nH]c3ccccc23)cc1. The Morgan fingerprint density at radius 2 is 1.21 bits per heavy atom. The van der Waals surface area contributed by atoms with Gasteiger partial charge in [-0.1, -0.05) is 66.2 Å². The molecular formula is C25H20N2O. The average molecular weight is 364 g/mol. The number of H-pyrrole nitrogens is 2. The van der Waals surface area contributed by atoms with Gasteiger partial charge in [0, 0.05) is 39.8 Å². The molecule has 0 aliphatic heterocycles. The van der Waals surface area contributed by atoms with E-state index in [1.165, 1.54) is 0 Å². The average Bonchev–Trinajstić information content (AvgIpc) is 3.34. The van der Waals surface area contributed by atoms with Gasteiger partial charge >= 0.3 is 0 Å². The third kappa shape index (κ3) is 2.64. The summed E-state index contributed by atoms with van der Waals surface area (Å²) in [6, 6.07) is 24.1. The molecule has 2 heterocycles. The predicted molar refractivity (Wildman–Crippen MR) is 114 cm³/mol. The lowest BCUT2D eigenvalue weighted by Gasteiger charge is -2.16. The van der Waals surface area contributed by atoms with Crippen molar-refractivity contribution in [1.29, 1.82) is 0 Å². The van der Waals surface area contributed by atoms with Crippen LogP contribution in [0.2, 0.25) is 0 Å². The van der Waals surface area contributed by atoms with Crippen molar-refractivity contribution in [3.8, 4) is 0 Å². The van der Waals surface area contributed by atoms with Crippen LogP contribution in [0, 0.1) is 6.92 Å². The predicted octanol–water partition coefficient (Wildman–Crippen LogP) is 5.97. The molecule has 5 rings (SSSR count). The number of Topliss-reactive ketones (excluding diaryl/α,β-unsaturated/α-hetero) is 1. The third-order valence-corrected chi connectivity index (χ3v) is 5.46. The summed E-state index contributed by atoms with van der Waals surface area (Å²) in [6.45, 7) is 2.03. The molecule has 3 aromatic carbocycles. The van der Waals surface area contributed by atoms with E-state index in [2.05, 4.69) is 22.1 Å². The van der Waals surface area contributed by atoms with Gasteiger partial charge in [-0.3, -0.25) is 4.79 Å². The minimum Gasteiger partial charge on any atom is -0.361 e. The van der Waals surface area contributed by atoms with Gasteiger partial charge in [0.2, 0.25) is 0 Å². The van der Waals surface area contributed by atoms with Crippen molar-refractivity contribution in [2.75, 3.05) is 0 Å². The van der Waals surface area contributed by atoms with Crippen molar-refractivity contribution in [3.05, 3.63) is 107 Å². The zero-order valence-electron chi connectivity index (χ0n) is 15.6. The monoisotopic (exact) mass is 364 g/mol. The number of hydrogen-bond acceptors (Lipinski definition) is 1. The van der Waals surface area contributed by atoms with Crippen molar-refractivity contribution in [2.24, 2.45) is 0 Å². The fourth-order valence-electron chi connectivity index (χ4n) is 4.00. The molecule has 28 heavy (non-hydrogen) atoms. The second-order valence-electron chi connectivity index (χ2n) is 7.24. The number of rotatable bonds is 4. The Hall–Kier alpha value is -3.59. The highest BCUT2D eigenvalue weighted by atomic mass is 16.1. The Morgan fingerprint density at radius 3 is 1.75 bits per heavy atom. The summed E-state index contributed by atoms with van der Waals surface area (Å²) in [5.41, 5.74) is 5.97. The maximum Gasteiger partial charge on any atom is 0.174 e. The minimum atomic E-state index is -0.380. The summed E-state index contributed by atoms with van der Waals surface area (Å²) in [5, 5.41) is 2.16. The van der Waals surface area contributed by atoms with Crippen LogP contribution >= 0.6 is 0 Å². The topological polar surface area (TPSA) is 48.6 Å². The standard InChI is InChI=1S/C25H20N2O/c1-16-10-12-17(13-11-16)25(28)24(20-14-26-22-8-4-2-6-18(20)22)21-15-27-23-9-5-3-7-19(21)23/h2-15,24,26-27H,1H3. The maximum atomic E-state index is 13.7. The smallest absolute Gasteiger partial charge is 0.174 e. The Kier molecular flexibility index (Phi) is 3.87. The lowest BCUT2D eigenvalue weighted by Crippen LogP contribution is -2.14. The highest BCUT2D eigenvalue weighted by Crippen LogP contribution is 2.37. The van der Waals surface area contributed by atoms with E-state index >= 15 is 0 Å². The van der Waals surface area contributed by atoms with Crippen LogP contribution in [0.4, 0.5) is 0 Å². The number of carbonyl (C=O) groups excluding carboxylic acids is 1. The molecule has 0 spiro atoms. The second-order valence-corrected chi connectivity index (χ2v) is 7.24. The molecule has 5 aromatic rings. The second kappa shape index (κ2) is 6.54. The molecular weight excluding hydrogens is 344 g/mol. The lowest BCUT2D eigenvalue weighted by atomic mass is 9.84. The van der Waals surface area contributed by atoms with Crippen LogP contribution in [0.3, 0.4) is 0 Å². The van der Waals surface area contributed by atoms with Crippen LogP contribution in [0.25, 0.3) is 21.8 Å². The molecule has 0 bridgehead atoms. The zero-order chi connectivity index (χ0) is 19.1. The number of carbonyl (C=O) groups is 1. The van der Waals surface area contributed by atoms with E-state index in [9.17, 15) is 4.79 Å². The van der Waals surface area contributed by atoms with Gasteiger partial charge in [0.25, 0.3) is 0 Å². The fraction of sp³-hybridized carbons (Fsp3) is 0.0800. The summed E-state index contributed by atoms with van der Waals surface area (Å²) in [4.78, 5) is 20.4. The summed E-state index contributed by atoms with van der Waals surface area (Å²) in [6.07, 6.45) is 3.95. The molecule has 136 valence electrons. The van der Waals surface area contributed by atoms with Gasteiger partial charge in [0.15, 0.2) is 5.78 Å². The minimum absolute atomic E-state index is 0.106. The van der Waals surface area contributed by atoms with Crippen LogP contribution < -0.4 is 0 Å². The lowest BCUT2D eigenvalue weighted by molar-refractivity contribution is 0.0974. The van der Waals surface area contributed by atoms with E-state index in [1.807, 2.05) is 80.0 Å². The normalized spacial score (nSPS) is 11.5. The molecule has 0 aliphatic carbocycles. The quantitative estimate of drug-likeness (QED) is 0.379. The molecule has 0 fully saturated rings. The molecule has 0 atom stereocenters. The first-order chi connectivity index (χ1) is 13.7. The van der Waals surface area contributed by atoms with Gasteiger partial charge in [0.1, 0.15) is 0 Å². The van der Waals surface area contributed by atoms with Gasteiger partial charge in [0.05, 0.1) is 5.92 Å². The van der Waals surface area contributed by atoms with E-state index in [1.54, 1.807) is 0 Å². The van der Waals surface area contributed by atoms with E-state index < -0.39 is 0 Å². The molecule has 2 N–H and O–H groups in total. The highest BCUT2D eigenvalue weighted by Gasteiger charge is 2.28. The number of fused-ring (bicyclic) bond motifs is 2. The number of ketones is 1. The molecule has 3 nitrogen and oxygen atoms in total. The van der Waals surface area contributed by atoms with Crippen LogP contribution in [0.15, 0.2) is 85.2 Å². The van der Waals surface area contributed by atoms with Crippen LogP contribution in [-0.4, -0.2) is 15.8 Å². The first-order valence-corrected chi connectivity index (χ1v) is 9.45. The van der Waals surface area contributed by atoms with Crippen LogP contribution in [0.5, 0.6) is 0 Å². The van der Waals surface area contributed by atoms with Gasteiger partial charge in [-0.15, -0.1) is 0 Å². The number of aromatic amines is 2. The van der Waals surface area contributed by atoms with Crippen LogP contribution in [-0.2, 0) is 0 Å². The van der Waals surface area contributed by atoms with E-state index in [4.69, 9.17) is 0 Å². The summed E-state index contributed by atoms with van der Waals surface area (Å²) in [5.74, 6) is -0.274. The van der Waals surface area contributed by atoms with Gasteiger partial charge < -0.3 is 9.97 Å². The number of nitrogens with one attached hydrogen (secondary N) is 2. The molecule has 0 saturated carbocycles. The van der Waals surface area contributed by atoms with E-state index in [0.717, 1.165) is 44.1 Å². The van der Waals surface area contributed by atoms with E-state index in [-0.39, 0.29) is 11.7 Å². The van der Waals surface area contributed by atoms with Crippen molar-refractivity contribution in [3.63, 3.8) is 0 Å². The zero-order valence-corrected chi connectivity index (χ0v) is 15.6. The molecule has 0 unspecified atom stereocenters. The van der Waals surface area contributed by atoms with Gasteiger partial charge in [-0.05, 0) is 30.2 Å². The number of para-hydroxylation sites is 2. The molecule has 0 radical (unpaired) electrons. The largest absolute Gasteiger partial charge is 0.361 e. The van der Waals surface area contributed by atoms with Crippen molar-refractivity contribution in [1.82, 2.24) is 9.97 Å². The number of hydrogen-bond donors (Lipinski definition) is 2. The number of aryl methyl sites for hydroxylation is 1. The molecule has 3 heteroatoms. The van der Waals surface area contributed by atoms with E-state index in [0.29, 0.717) is 0 Å². The van der Waals surface area contributed by atoms with Crippen LogP contribution in [0.1, 0.15) is 33.0 Å². The van der Waals surface area contributed by atoms with Crippen molar-refractivity contribution < 1.29 is 4.79 Å². The van der Waals surface area contributed by atoms with Crippen molar-refractivity contribution >= 4 is 27.6 Å². The fourth-order valence-corrected chi connectivity index (χ4v) is 4.00. The molecule has 0 saturated heterocycles. The van der Waals surface area contributed by atoms with Gasteiger partial charge in [-0.25, -0.2) is 0 Å². The molecule has 0 aliphatic rings. The summed E-state index contributed by atoms with van der Waals surface area (Å²) >= 11 is 0. The maximum absolute atomic E-state index is 13.7. The molecule has 2 aromatic heterocycles. The highest BCUT2D eigenvalue weighted by molar-refractivity contribution is 6.07. The Morgan fingerprint density at radius 1 is 0.714 bits per heavy atom. The summed E-state index contributed by atoms with van der Waals surface area (Å²) < 4.78 is 0. The summed E-state index contributed by atoms with van der Waals surface area (Å²) in [7, 11) is 0. The van der Waals surface area contributed by atoms with Gasteiger partial charge in [-0.2, -0.15) is 0 Å². The van der Waals surface area contributed by atoms with Crippen molar-refractivity contribution in [2.45, 2.75) is 12.8 Å². The number of aromatic nitrogens is 2. The Labute approximate surface area is 163 Å². The Bertz CT molecular complexity index is 1220. The Balaban J connectivity index is 1.74. The molecule has 0 amide bonds. The number of benzene rings is 3.